The molecule has 172 valence electrons. The van der Waals surface area contributed by atoms with Crippen LogP contribution in [0.4, 0.5) is 11.4 Å². The number of nitrogens with one attached hydrogen (secondary N) is 3. The smallest absolute Gasteiger partial charge is 0.276 e. The number of hydrazine groups is 1. The van der Waals surface area contributed by atoms with Crippen LogP contribution in [-0.4, -0.2) is 25.5 Å². The zero-order valence-corrected chi connectivity index (χ0v) is 19.3. The third kappa shape index (κ3) is 6.26. The van der Waals surface area contributed by atoms with Gasteiger partial charge in [-0.05, 0) is 54.3 Å². The van der Waals surface area contributed by atoms with Gasteiger partial charge in [-0.15, -0.1) is 0 Å². The van der Waals surface area contributed by atoms with E-state index in [-0.39, 0.29) is 12.5 Å². The van der Waals surface area contributed by atoms with Crippen LogP contribution in [0.2, 0.25) is 0 Å². The summed E-state index contributed by atoms with van der Waals surface area (Å²) in [4.78, 5) is 25.0. The van der Waals surface area contributed by atoms with Crippen LogP contribution in [0.15, 0.2) is 66.7 Å². The number of para-hydroxylation sites is 3. The third-order valence-electron chi connectivity index (χ3n) is 5.01. The van der Waals surface area contributed by atoms with Crippen molar-refractivity contribution in [2.45, 2.75) is 26.7 Å². The molecule has 0 spiro atoms. The lowest BCUT2D eigenvalue weighted by Crippen LogP contribution is -2.44. The molecule has 3 N–H and O–H groups in total. The molecule has 0 heterocycles. The quantitative estimate of drug-likeness (QED) is 0.435. The number of amides is 2. The Hall–Kier alpha value is -4.00. The second-order valence-corrected chi connectivity index (χ2v) is 7.86. The molecule has 0 aliphatic heterocycles. The normalized spacial score (nSPS) is 10.5. The lowest BCUT2D eigenvalue weighted by Gasteiger charge is -2.16. The van der Waals surface area contributed by atoms with Crippen LogP contribution in [0.25, 0.3) is 0 Å². The highest BCUT2D eigenvalue weighted by atomic mass is 16.5. The summed E-state index contributed by atoms with van der Waals surface area (Å²) in [6.07, 6.45) is 0. The van der Waals surface area contributed by atoms with Gasteiger partial charge in [0, 0.05) is 0 Å². The SMILES string of the molecule is COc1ccccc1Nc1ccccc1C(=O)NNC(=O)COc1cc(C)ccc1C(C)C. The average Bonchev–Trinajstić information content (AvgIpc) is 2.81. The van der Waals surface area contributed by atoms with Crippen LogP contribution in [0.5, 0.6) is 11.5 Å². The Morgan fingerprint density at radius 2 is 1.58 bits per heavy atom. The second-order valence-electron chi connectivity index (χ2n) is 7.86. The fourth-order valence-electron chi connectivity index (χ4n) is 3.30. The molecule has 0 radical (unpaired) electrons. The number of carbonyl (C=O) groups excluding carboxylic acids is 2. The van der Waals surface area contributed by atoms with Crippen molar-refractivity contribution >= 4 is 23.2 Å². The fraction of sp³-hybridized carbons (Fsp3) is 0.231. The molecular weight excluding hydrogens is 418 g/mol. The van der Waals surface area contributed by atoms with Gasteiger partial charge in [0.1, 0.15) is 11.5 Å². The molecule has 0 aliphatic rings. The van der Waals surface area contributed by atoms with Crippen LogP contribution >= 0.6 is 0 Å². The van der Waals surface area contributed by atoms with Crippen LogP contribution in [0.3, 0.4) is 0 Å². The van der Waals surface area contributed by atoms with Gasteiger partial charge in [0.2, 0.25) is 0 Å². The Morgan fingerprint density at radius 1 is 0.879 bits per heavy atom. The maximum absolute atomic E-state index is 12.7. The van der Waals surface area contributed by atoms with E-state index in [0.717, 1.165) is 16.8 Å². The summed E-state index contributed by atoms with van der Waals surface area (Å²) in [7, 11) is 1.58. The summed E-state index contributed by atoms with van der Waals surface area (Å²) in [5.41, 5.74) is 8.59. The van der Waals surface area contributed by atoms with E-state index in [1.54, 1.807) is 25.3 Å². The predicted octanol–water partition coefficient (Wildman–Crippen LogP) is 4.71. The molecule has 0 saturated heterocycles. The standard InChI is InChI=1S/C26H29N3O4/c1-17(2)19-14-13-18(3)15-24(19)33-16-25(30)28-29-26(31)20-9-5-6-10-21(20)27-22-11-7-8-12-23(22)32-4/h5-15,17,27H,16H2,1-4H3,(H,28,30)(H,29,31). The first-order valence-corrected chi connectivity index (χ1v) is 10.7. The number of aryl methyl sites for hydroxylation is 1. The van der Waals surface area contributed by atoms with E-state index in [4.69, 9.17) is 9.47 Å². The number of anilines is 2. The topological polar surface area (TPSA) is 88.7 Å². The first-order valence-electron chi connectivity index (χ1n) is 10.7. The highest BCUT2D eigenvalue weighted by Crippen LogP contribution is 2.29. The summed E-state index contributed by atoms with van der Waals surface area (Å²) >= 11 is 0. The van der Waals surface area contributed by atoms with Gasteiger partial charge in [-0.2, -0.15) is 0 Å². The number of ether oxygens (including phenoxy) is 2. The summed E-state index contributed by atoms with van der Waals surface area (Å²) in [6, 6.07) is 20.3. The molecule has 0 aromatic heterocycles. The van der Waals surface area contributed by atoms with E-state index in [2.05, 4.69) is 30.0 Å². The van der Waals surface area contributed by atoms with Crippen molar-refractivity contribution in [2.75, 3.05) is 19.0 Å². The van der Waals surface area contributed by atoms with E-state index in [1.807, 2.05) is 55.5 Å². The largest absolute Gasteiger partial charge is 0.495 e. The minimum atomic E-state index is -0.463. The Kier molecular flexibility index (Phi) is 7.91. The zero-order valence-electron chi connectivity index (χ0n) is 19.3. The number of hydrogen-bond donors (Lipinski definition) is 3. The first-order chi connectivity index (χ1) is 15.9. The predicted molar refractivity (Wildman–Crippen MR) is 129 cm³/mol. The number of rotatable bonds is 8. The van der Waals surface area contributed by atoms with Crippen molar-refractivity contribution in [3.05, 3.63) is 83.4 Å². The van der Waals surface area contributed by atoms with Crippen molar-refractivity contribution in [3.8, 4) is 11.5 Å². The molecule has 7 heteroatoms. The van der Waals surface area contributed by atoms with Gasteiger partial charge in [0.15, 0.2) is 6.61 Å². The molecule has 0 unspecified atom stereocenters. The molecule has 33 heavy (non-hydrogen) atoms. The molecule has 2 amide bonds. The van der Waals surface area contributed by atoms with Gasteiger partial charge >= 0.3 is 0 Å². The molecule has 3 aromatic carbocycles. The molecule has 0 bridgehead atoms. The molecule has 0 saturated carbocycles. The van der Waals surface area contributed by atoms with Crippen molar-refractivity contribution in [1.29, 1.82) is 0 Å². The van der Waals surface area contributed by atoms with Gasteiger partial charge in [-0.25, -0.2) is 0 Å². The lowest BCUT2D eigenvalue weighted by molar-refractivity contribution is -0.123. The summed E-state index contributed by atoms with van der Waals surface area (Å²) in [6.45, 7) is 5.88. The lowest BCUT2D eigenvalue weighted by atomic mass is 10.0. The van der Waals surface area contributed by atoms with Gasteiger partial charge in [-0.3, -0.25) is 20.4 Å². The monoisotopic (exact) mass is 447 g/mol. The van der Waals surface area contributed by atoms with Crippen molar-refractivity contribution < 1.29 is 19.1 Å². The minimum absolute atomic E-state index is 0.218. The van der Waals surface area contributed by atoms with E-state index >= 15 is 0 Å². The van der Waals surface area contributed by atoms with Gasteiger partial charge in [-0.1, -0.05) is 50.2 Å². The molecule has 0 aliphatic carbocycles. The van der Waals surface area contributed by atoms with Crippen LogP contribution in [0, 0.1) is 6.92 Å². The Labute approximate surface area is 194 Å². The number of methoxy groups -OCH3 is 1. The molecular formula is C26H29N3O4. The van der Waals surface area contributed by atoms with Gasteiger partial charge in [0.05, 0.1) is 24.0 Å². The maximum Gasteiger partial charge on any atom is 0.276 e. The first kappa shape index (κ1) is 23.7. The zero-order chi connectivity index (χ0) is 23.8. The Morgan fingerprint density at radius 3 is 2.30 bits per heavy atom. The molecule has 3 rings (SSSR count). The van der Waals surface area contributed by atoms with Crippen LogP contribution in [0.1, 0.15) is 41.3 Å². The van der Waals surface area contributed by atoms with Crippen molar-refractivity contribution in [2.24, 2.45) is 0 Å². The summed E-state index contributed by atoms with van der Waals surface area (Å²) in [5, 5.41) is 3.21. The highest BCUT2D eigenvalue weighted by Gasteiger charge is 2.14. The van der Waals surface area contributed by atoms with Crippen molar-refractivity contribution in [1.82, 2.24) is 10.9 Å². The van der Waals surface area contributed by atoms with Gasteiger partial charge < -0.3 is 14.8 Å². The summed E-state index contributed by atoms with van der Waals surface area (Å²) in [5.74, 6) is 0.651. The number of hydrogen-bond acceptors (Lipinski definition) is 5. The average molecular weight is 448 g/mol. The van der Waals surface area contributed by atoms with Crippen LogP contribution in [-0.2, 0) is 4.79 Å². The highest BCUT2D eigenvalue weighted by molar-refractivity contribution is 6.01. The second kappa shape index (κ2) is 11.0. The molecule has 3 aromatic rings. The van der Waals surface area contributed by atoms with E-state index in [9.17, 15) is 9.59 Å². The minimum Gasteiger partial charge on any atom is -0.495 e. The van der Waals surface area contributed by atoms with E-state index < -0.39 is 11.8 Å². The number of benzene rings is 3. The molecule has 0 atom stereocenters. The molecule has 7 nitrogen and oxygen atoms in total. The third-order valence-corrected chi connectivity index (χ3v) is 5.01. The maximum atomic E-state index is 12.7. The van der Waals surface area contributed by atoms with E-state index in [0.29, 0.717) is 22.7 Å². The summed E-state index contributed by atoms with van der Waals surface area (Å²) < 4.78 is 11.1. The fourth-order valence-corrected chi connectivity index (χ4v) is 3.30. The Bertz CT molecular complexity index is 1130. The number of carbonyl (C=O) groups is 2. The Balaban J connectivity index is 1.61. The van der Waals surface area contributed by atoms with Crippen LogP contribution < -0.4 is 25.6 Å². The van der Waals surface area contributed by atoms with E-state index in [1.165, 1.54) is 0 Å². The molecule has 0 fully saturated rings. The van der Waals surface area contributed by atoms with Gasteiger partial charge in [0.25, 0.3) is 11.8 Å². The van der Waals surface area contributed by atoms with Crippen molar-refractivity contribution in [3.63, 3.8) is 0 Å².